The highest BCUT2D eigenvalue weighted by molar-refractivity contribution is 9.10. The first kappa shape index (κ1) is 19.4. The van der Waals surface area contributed by atoms with Crippen LogP contribution >= 0.6 is 15.9 Å². The number of carbonyl (C=O) groups is 2. The molecule has 0 radical (unpaired) electrons. The molecule has 0 bridgehead atoms. The van der Waals surface area contributed by atoms with E-state index in [9.17, 15) is 9.59 Å². The first-order chi connectivity index (χ1) is 13.0. The Bertz CT molecular complexity index is 812. The lowest BCUT2D eigenvalue weighted by molar-refractivity contribution is -0.132. The van der Waals surface area contributed by atoms with Crippen molar-refractivity contribution in [3.8, 4) is 0 Å². The number of likely N-dealkylation sites (tertiary alicyclic amines) is 1. The lowest BCUT2D eigenvalue weighted by Crippen LogP contribution is -2.52. The summed E-state index contributed by atoms with van der Waals surface area (Å²) in [5.41, 5.74) is 1.21. The molecule has 3 amide bonds. The van der Waals surface area contributed by atoms with Gasteiger partial charge in [-0.25, -0.2) is 4.79 Å². The zero-order valence-corrected chi connectivity index (χ0v) is 17.0. The second-order valence-corrected chi connectivity index (χ2v) is 8.11. The van der Waals surface area contributed by atoms with Gasteiger partial charge in [0.2, 0.25) is 5.91 Å². The lowest BCUT2D eigenvalue weighted by atomic mass is 9.81. The van der Waals surface area contributed by atoms with Crippen molar-refractivity contribution in [1.82, 2.24) is 10.2 Å². The third-order valence-electron chi connectivity index (χ3n) is 4.90. The summed E-state index contributed by atoms with van der Waals surface area (Å²) in [7, 11) is 0. The van der Waals surface area contributed by atoms with Gasteiger partial charge in [-0.3, -0.25) is 4.79 Å². The number of halogens is 1. The molecular formula is C21H24BrN3O2. The van der Waals surface area contributed by atoms with Crippen LogP contribution in [0.5, 0.6) is 0 Å². The van der Waals surface area contributed by atoms with Gasteiger partial charge in [0, 0.05) is 29.8 Å². The number of carbonyl (C=O) groups excluding carboxylic acids is 2. The molecule has 1 saturated heterocycles. The van der Waals surface area contributed by atoms with Crippen molar-refractivity contribution >= 4 is 33.6 Å². The molecule has 2 aromatic rings. The minimum atomic E-state index is -0.582. The van der Waals surface area contributed by atoms with Gasteiger partial charge in [-0.1, -0.05) is 52.3 Å². The number of nitrogens with one attached hydrogen (secondary N) is 2. The monoisotopic (exact) mass is 429 g/mol. The number of rotatable bonds is 4. The van der Waals surface area contributed by atoms with Crippen molar-refractivity contribution in [2.45, 2.75) is 26.3 Å². The lowest BCUT2D eigenvalue weighted by Gasteiger charge is -2.39. The number of urea groups is 1. The molecule has 0 aromatic heterocycles. The fourth-order valence-electron chi connectivity index (χ4n) is 3.36. The zero-order valence-electron chi connectivity index (χ0n) is 15.4. The van der Waals surface area contributed by atoms with E-state index in [1.807, 2.05) is 61.5 Å². The third-order valence-corrected chi connectivity index (χ3v) is 5.40. The number of nitrogens with zero attached hydrogens (tertiary/aromatic N) is 1. The predicted octanol–water partition coefficient (Wildman–Crippen LogP) is 4.40. The van der Waals surface area contributed by atoms with Crippen molar-refractivity contribution in [1.29, 1.82) is 0 Å². The molecule has 5 nitrogen and oxygen atoms in total. The smallest absolute Gasteiger partial charge is 0.321 e. The highest BCUT2D eigenvalue weighted by Gasteiger charge is 2.39. The number of piperidine rings is 1. The maximum Gasteiger partial charge on any atom is 0.321 e. The standard InChI is InChI=1S/C21H24BrN3O2/c1-21(19(26)23-14-16-7-3-2-4-8-16)11-6-12-25(15-21)20(27)24-18-10-5-9-17(22)13-18/h2-5,7-10,13H,6,11-12,14-15H2,1H3,(H,23,26)(H,24,27)/t21-/m0/s1. The molecule has 142 valence electrons. The molecule has 1 atom stereocenters. The number of amides is 3. The van der Waals surface area contributed by atoms with Gasteiger partial charge in [-0.2, -0.15) is 0 Å². The Hall–Kier alpha value is -2.34. The summed E-state index contributed by atoms with van der Waals surface area (Å²) in [5, 5.41) is 5.93. The van der Waals surface area contributed by atoms with Crippen LogP contribution in [0.2, 0.25) is 0 Å². The summed E-state index contributed by atoms with van der Waals surface area (Å²) in [6, 6.07) is 17.1. The molecule has 2 aromatic carbocycles. The minimum Gasteiger partial charge on any atom is -0.351 e. The topological polar surface area (TPSA) is 61.4 Å². The van der Waals surface area contributed by atoms with E-state index in [0.29, 0.717) is 19.6 Å². The molecule has 0 saturated carbocycles. The van der Waals surface area contributed by atoms with Gasteiger partial charge in [0.05, 0.1) is 5.41 Å². The normalized spacial score (nSPS) is 19.4. The number of hydrogen-bond donors (Lipinski definition) is 2. The second kappa shape index (κ2) is 8.57. The number of benzene rings is 2. The van der Waals surface area contributed by atoms with Crippen LogP contribution < -0.4 is 10.6 Å². The van der Waals surface area contributed by atoms with Crippen LogP contribution in [0, 0.1) is 5.41 Å². The fourth-order valence-corrected chi connectivity index (χ4v) is 3.76. The highest BCUT2D eigenvalue weighted by atomic mass is 79.9. The average molecular weight is 430 g/mol. The van der Waals surface area contributed by atoms with Gasteiger partial charge in [-0.05, 0) is 43.5 Å². The van der Waals surface area contributed by atoms with Crippen molar-refractivity contribution in [2.75, 3.05) is 18.4 Å². The largest absolute Gasteiger partial charge is 0.351 e. The zero-order chi connectivity index (χ0) is 19.3. The van der Waals surface area contributed by atoms with Gasteiger partial charge in [0.1, 0.15) is 0 Å². The van der Waals surface area contributed by atoms with Gasteiger partial charge in [0.25, 0.3) is 0 Å². The van der Waals surface area contributed by atoms with E-state index in [4.69, 9.17) is 0 Å². The first-order valence-electron chi connectivity index (χ1n) is 9.10. The van der Waals surface area contributed by atoms with Crippen molar-refractivity contribution in [3.05, 3.63) is 64.6 Å². The quantitative estimate of drug-likeness (QED) is 0.756. The Morgan fingerprint density at radius 3 is 2.67 bits per heavy atom. The summed E-state index contributed by atoms with van der Waals surface area (Å²) in [6.45, 7) is 3.50. The summed E-state index contributed by atoms with van der Waals surface area (Å²) in [5.74, 6) is -0.00805. The second-order valence-electron chi connectivity index (χ2n) is 7.19. The van der Waals surface area contributed by atoms with Crippen LogP contribution in [0.15, 0.2) is 59.1 Å². The predicted molar refractivity (Wildman–Crippen MR) is 110 cm³/mol. The molecule has 0 unspecified atom stereocenters. The maximum absolute atomic E-state index is 12.8. The van der Waals surface area contributed by atoms with E-state index in [1.54, 1.807) is 4.90 Å². The van der Waals surface area contributed by atoms with E-state index >= 15 is 0 Å². The molecule has 2 N–H and O–H groups in total. The average Bonchev–Trinajstić information content (AvgIpc) is 2.67. The first-order valence-corrected chi connectivity index (χ1v) is 9.89. The Morgan fingerprint density at radius 1 is 1.15 bits per heavy atom. The van der Waals surface area contributed by atoms with Crippen LogP contribution in [-0.4, -0.2) is 29.9 Å². The Labute approximate surface area is 168 Å². The van der Waals surface area contributed by atoms with Crippen LogP contribution in [0.1, 0.15) is 25.3 Å². The van der Waals surface area contributed by atoms with E-state index in [1.165, 1.54) is 0 Å². The third kappa shape index (κ3) is 5.10. The van der Waals surface area contributed by atoms with E-state index in [0.717, 1.165) is 28.6 Å². The van der Waals surface area contributed by atoms with E-state index < -0.39 is 5.41 Å². The Balaban J connectivity index is 1.59. The number of anilines is 1. The Morgan fingerprint density at radius 2 is 1.93 bits per heavy atom. The highest BCUT2D eigenvalue weighted by Crippen LogP contribution is 2.30. The van der Waals surface area contributed by atoms with Crippen molar-refractivity contribution in [2.24, 2.45) is 5.41 Å². The van der Waals surface area contributed by atoms with Crippen LogP contribution in [0.4, 0.5) is 10.5 Å². The summed E-state index contributed by atoms with van der Waals surface area (Å²) < 4.78 is 0.907. The molecule has 1 aliphatic rings. The molecular weight excluding hydrogens is 406 g/mol. The van der Waals surface area contributed by atoms with E-state index in [2.05, 4.69) is 26.6 Å². The minimum absolute atomic E-state index is 0.00805. The van der Waals surface area contributed by atoms with Gasteiger partial charge in [-0.15, -0.1) is 0 Å². The molecule has 0 spiro atoms. The molecule has 1 aliphatic heterocycles. The molecule has 6 heteroatoms. The van der Waals surface area contributed by atoms with Crippen LogP contribution in [0.25, 0.3) is 0 Å². The Kier molecular flexibility index (Phi) is 6.16. The van der Waals surface area contributed by atoms with E-state index in [-0.39, 0.29) is 11.9 Å². The molecule has 1 heterocycles. The van der Waals surface area contributed by atoms with Crippen LogP contribution in [-0.2, 0) is 11.3 Å². The SMILES string of the molecule is C[C@]1(C(=O)NCc2ccccc2)CCCN(C(=O)Nc2cccc(Br)c2)C1. The molecule has 0 aliphatic carbocycles. The molecule has 27 heavy (non-hydrogen) atoms. The molecule has 1 fully saturated rings. The van der Waals surface area contributed by atoms with Crippen molar-refractivity contribution in [3.63, 3.8) is 0 Å². The summed E-state index contributed by atoms with van der Waals surface area (Å²) in [6.07, 6.45) is 1.58. The summed E-state index contributed by atoms with van der Waals surface area (Å²) >= 11 is 3.40. The van der Waals surface area contributed by atoms with Crippen molar-refractivity contribution < 1.29 is 9.59 Å². The molecule has 3 rings (SSSR count). The summed E-state index contributed by atoms with van der Waals surface area (Å²) in [4.78, 5) is 27.2. The number of hydrogen-bond acceptors (Lipinski definition) is 2. The van der Waals surface area contributed by atoms with Gasteiger partial charge in [0.15, 0.2) is 0 Å². The van der Waals surface area contributed by atoms with Crippen LogP contribution in [0.3, 0.4) is 0 Å². The fraction of sp³-hybridized carbons (Fsp3) is 0.333. The van der Waals surface area contributed by atoms with Gasteiger partial charge < -0.3 is 15.5 Å². The van der Waals surface area contributed by atoms with Gasteiger partial charge >= 0.3 is 6.03 Å². The maximum atomic E-state index is 12.8.